The first-order chi connectivity index (χ1) is 9.10. The summed E-state index contributed by atoms with van der Waals surface area (Å²) < 4.78 is 5.90. The Hall–Kier alpha value is -1.22. The lowest BCUT2D eigenvalue weighted by Gasteiger charge is -2.29. The molecule has 1 fully saturated rings. The van der Waals surface area contributed by atoms with Gasteiger partial charge < -0.3 is 9.84 Å². The number of rotatable bonds is 4. The summed E-state index contributed by atoms with van der Waals surface area (Å²) in [5.74, 6) is 0.0995. The zero-order valence-electron chi connectivity index (χ0n) is 11.1. The summed E-state index contributed by atoms with van der Waals surface area (Å²) >= 11 is 5.92. The Kier molecular flexibility index (Phi) is 4.70. The van der Waals surface area contributed by atoms with Crippen molar-refractivity contribution in [2.75, 3.05) is 0 Å². The zero-order valence-corrected chi connectivity index (χ0v) is 11.8. The second kappa shape index (κ2) is 6.29. The summed E-state index contributed by atoms with van der Waals surface area (Å²) in [6.45, 7) is 2.19. The van der Waals surface area contributed by atoms with Crippen LogP contribution in [0.2, 0.25) is 5.02 Å². The topological polar surface area (TPSA) is 46.5 Å². The van der Waals surface area contributed by atoms with E-state index < -0.39 is 5.97 Å². The molecule has 19 heavy (non-hydrogen) atoms. The average molecular weight is 283 g/mol. The highest BCUT2D eigenvalue weighted by Crippen LogP contribution is 2.32. The van der Waals surface area contributed by atoms with Crippen LogP contribution < -0.4 is 4.74 Å². The molecule has 1 aromatic rings. The molecule has 1 N–H and O–H groups in total. The Morgan fingerprint density at radius 3 is 2.95 bits per heavy atom. The molecule has 4 heteroatoms. The minimum Gasteiger partial charge on any atom is -0.489 e. The Balaban J connectivity index is 2.13. The second-order valence-corrected chi connectivity index (χ2v) is 5.56. The Morgan fingerprint density at radius 2 is 2.26 bits per heavy atom. The number of hydrogen-bond acceptors (Lipinski definition) is 2. The molecule has 0 amide bonds. The normalized spacial score (nSPS) is 23.1. The van der Waals surface area contributed by atoms with Gasteiger partial charge in [0, 0.05) is 5.02 Å². The molecule has 0 aliphatic heterocycles. The Bertz CT molecular complexity index is 459. The third kappa shape index (κ3) is 3.63. The van der Waals surface area contributed by atoms with E-state index in [-0.39, 0.29) is 11.7 Å². The van der Waals surface area contributed by atoms with Crippen molar-refractivity contribution in [3.63, 3.8) is 0 Å². The first kappa shape index (κ1) is 14.2. The van der Waals surface area contributed by atoms with Gasteiger partial charge >= 0.3 is 5.97 Å². The third-order valence-corrected chi connectivity index (χ3v) is 4.01. The van der Waals surface area contributed by atoms with E-state index in [1.54, 1.807) is 12.1 Å². The summed E-state index contributed by atoms with van der Waals surface area (Å²) in [6, 6.07) is 4.67. The number of carboxylic acids is 1. The van der Waals surface area contributed by atoms with Crippen LogP contribution >= 0.6 is 11.6 Å². The first-order valence-corrected chi connectivity index (χ1v) is 7.17. The van der Waals surface area contributed by atoms with Crippen LogP contribution in [-0.2, 0) is 0 Å². The van der Waals surface area contributed by atoms with Crippen LogP contribution in [0.1, 0.15) is 49.4 Å². The van der Waals surface area contributed by atoms with Crippen LogP contribution in [-0.4, -0.2) is 17.2 Å². The number of aromatic carboxylic acids is 1. The molecule has 0 radical (unpaired) electrons. The van der Waals surface area contributed by atoms with Crippen molar-refractivity contribution in [2.45, 2.75) is 45.1 Å². The van der Waals surface area contributed by atoms with Gasteiger partial charge in [0.1, 0.15) is 11.3 Å². The lowest BCUT2D eigenvalue weighted by atomic mass is 9.85. The maximum absolute atomic E-state index is 11.2. The molecule has 3 nitrogen and oxygen atoms in total. The third-order valence-electron chi connectivity index (χ3n) is 3.78. The molecule has 0 spiro atoms. The highest BCUT2D eigenvalue weighted by Gasteiger charge is 2.23. The van der Waals surface area contributed by atoms with E-state index in [9.17, 15) is 4.79 Å². The Morgan fingerprint density at radius 1 is 1.47 bits per heavy atom. The smallest absolute Gasteiger partial charge is 0.339 e. The van der Waals surface area contributed by atoms with Gasteiger partial charge in [0.2, 0.25) is 0 Å². The number of carbonyl (C=O) groups is 1. The predicted molar refractivity (Wildman–Crippen MR) is 75.1 cm³/mol. The van der Waals surface area contributed by atoms with Gasteiger partial charge in [-0.2, -0.15) is 0 Å². The molecular weight excluding hydrogens is 264 g/mol. The van der Waals surface area contributed by atoms with Gasteiger partial charge in [0.05, 0.1) is 6.10 Å². The fraction of sp³-hybridized carbons (Fsp3) is 0.533. The second-order valence-electron chi connectivity index (χ2n) is 5.13. The number of hydrogen-bond donors (Lipinski definition) is 1. The number of halogens is 1. The molecule has 0 heterocycles. The summed E-state index contributed by atoms with van der Waals surface area (Å²) in [5, 5.41) is 9.66. The lowest BCUT2D eigenvalue weighted by Crippen LogP contribution is -2.25. The quantitative estimate of drug-likeness (QED) is 0.891. The van der Waals surface area contributed by atoms with Crippen molar-refractivity contribution in [3.05, 3.63) is 28.8 Å². The van der Waals surface area contributed by atoms with Crippen molar-refractivity contribution < 1.29 is 14.6 Å². The van der Waals surface area contributed by atoms with Gasteiger partial charge in [-0.3, -0.25) is 0 Å². The largest absolute Gasteiger partial charge is 0.489 e. The summed E-state index contributed by atoms with van der Waals surface area (Å²) in [6.07, 6.45) is 5.64. The molecule has 1 aliphatic rings. The maximum atomic E-state index is 11.2. The molecule has 104 valence electrons. The van der Waals surface area contributed by atoms with E-state index in [0.717, 1.165) is 25.7 Å². The molecule has 1 aromatic carbocycles. The molecule has 2 rings (SSSR count). The average Bonchev–Trinajstić information content (AvgIpc) is 2.38. The van der Waals surface area contributed by atoms with Crippen molar-refractivity contribution in [1.29, 1.82) is 0 Å². The van der Waals surface area contributed by atoms with Gasteiger partial charge in [-0.1, -0.05) is 31.4 Å². The molecule has 0 saturated heterocycles. The number of benzene rings is 1. The van der Waals surface area contributed by atoms with Gasteiger partial charge in [0.15, 0.2) is 0 Å². The summed E-state index contributed by atoms with van der Waals surface area (Å²) in [5.41, 5.74) is 0.183. The fourth-order valence-corrected chi connectivity index (χ4v) is 2.83. The van der Waals surface area contributed by atoms with E-state index in [4.69, 9.17) is 21.4 Å². The Labute approximate surface area is 118 Å². The SMILES string of the molecule is CCC1CCCC(Oc2cc(Cl)ccc2C(=O)O)C1. The first-order valence-electron chi connectivity index (χ1n) is 6.79. The van der Waals surface area contributed by atoms with Crippen molar-refractivity contribution in [2.24, 2.45) is 5.92 Å². The van der Waals surface area contributed by atoms with Crippen LogP contribution in [0.25, 0.3) is 0 Å². The highest BCUT2D eigenvalue weighted by atomic mass is 35.5. The molecule has 2 atom stereocenters. The van der Waals surface area contributed by atoms with E-state index in [1.807, 2.05) is 0 Å². The number of ether oxygens (including phenoxy) is 1. The highest BCUT2D eigenvalue weighted by molar-refractivity contribution is 6.30. The van der Waals surface area contributed by atoms with Crippen LogP contribution in [0.3, 0.4) is 0 Å². The molecule has 2 unspecified atom stereocenters. The monoisotopic (exact) mass is 282 g/mol. The fourth-order valence-electron chi connectivity index (χ4n) is 2.67. The van der Waals surface area contributed by atoms with Gasteiger partial charge in [0.25, 0.3) is 0 Å². The van der Waals surface area contributed by atoms with E-state index in [0.29, 0.717) is 16.7 Å². The van der Waals surface area contributed by atoms with Crippen LogP contribution in [0.15, 0.2) is 18.2 Å². The van der Waals surface area contributed by atoms with Gasteiger partial charge in [-0.05, 0) is 43.4 Å². The van der Waals surface area contributed by atoms with Crippen LogP contribution in [0, 0.1) is 5.92 Å². The van der Waals surface area contributed by atoms with Crippen molar-refractivity contribution >= 4 is 17.6 Å². The zero-order chi connectivity index (χ0) is 13.8. The molecule has 0 bridgehead atoms. The lowest BCUT2D eigenvalue weighted by molar-refractivity contribution is 0.0682. The molecule has 1 saturated carbocycles. The van der Waals surface area contributed by atoms with E-state index in [2.05, 4.69) is 6.92 Å². The summed E-state index contributed by atoms with van der Waals surface area (Å²) in [4.78, 5) is 11.2. The van der Waals surface area contributed by atoms with Crippen molar-refractivity contribution in [1.82, 2.24) is 0 Å². The van der Waals surface area contributed by atoms with Gasteiger partial charge in [-0.15, -0.1) is 0 Å². The molecule has 1 aliphatic carbocycles. The van der Waals surface area contributed by atoms with Crippen LogP contribution in [0.5, 0.6) is 5.75 Å². The predicted octanol–water partition coefficient (Wildman–Crippen LogP) is 4.39. The van der Waals surface area contributed by atoms with E-state index in [1.165, 1.54) is 12.5 Å². The standard InChI is InChI=1S/C15H19ClO3/c1-2-10-4-3-5-12(8-10)19-14-9-11(16)6-7-13(14)15(17)18/h6-7,9-10,12H,2-5,8H2,1H3,(H,17,18). The number of carboxylic acid groups (broad SMARTS) is 1. The molecular formula is C15H19ClO3. The maximum Gasteiger partial charge on any atom is 0.339 e. The van der Waals surface area contributed by atoms with Gasteiger partial charge in [-0.25, -0.2) is 4.79 Å². The van der Waals surface area contributed by atoms with Crippen molar-refractivity contribution in [3.8, 4) is 5.75 Å². The molecule has 0 aromatic heterocycles. The minimum absolute atomic E-state index is 0.107. The minimum atomic E-state index is -0.977. The van der Waals surface area contributed by atoms with E-state index >= 15 is 0 Å². The van der Waals surface area contributed by atoms with Crippen LogP contribution in [0.4, 0.5) is 0 Å². The summed E-state index contributed by atoms with van der Waals surface area (Å²) in [7, 11) is 0.